The Morgan fingerprint density at radius 3 is 1.34 bits per heavy atom. The molecule has 0 atom stereocenters. The molecule has 2 heterocycles. The molecule has 0 spiro atoms. The lowest BCUT2D eigenvalue weighted by Crippen LogP contribution is -2.06. The van der Waals surface area contributed by atoms with E-state index in [-0.39, 0.29) is 13.2 Å². The van der Waals surface area contributed by atoms with Crippen LogP contribution in [0.4, 0.5) is 0 Å². The molecule has 0 bridgehead atoms. The number of aryl methyl sites for hydroxylation is 2. The molecule has 0 aliphatic carbocycles. The third kappa shape index (κ3) is 5.04. The van der Waals surface area contributed by atoms with Gasteiger partial charge in [-0.2, -0.15) is 0 Å². The lowest BCUT2D eigenvalue weighted by Gasteiger charge is -2.14. The number of nitrogens with zero attached hydrogens (tertiary/aromatic N) is 4. The van der Waals surface area contributed by atoms with Crippen molar-refractivity contribution in [3.63, 3.8) is 0 Å². The molecule has 6 heteroatoms. The van der Waals surface area contributed by atoms with Gasteiger partial charge in [0, 0.05) is 36.7 Å². The molecule has 6 nitrogen and oxygen atoms in total. The summed E-state index contributed by atoms with van der Waals surface area (Å²) in [6, 6.07) is 19.7. The molecule has 0 fully saturated rings. The van der Waals surface area contributed by atoms with Crippen molar-refractivity contribution in [1.29, 1.82) is 0 Å². The predicted octanol–water partition coefficient (Wildman–Crippen LogP) is 4.12. The molecule has 32 heavy (non-hydrogen) atoms. The number of aliphatic hydroxyl groups is 2. The summed E-state index contributed by atoms with van der Waals surface area (Å²) in [6.45, 7) is 0.187. The highest BCUT2D eigenvalue weighted by Crippen LogP contribution is 2.29. The highest BCUT2D eigenvalue weighted by molar-refractivity contribution is 5.68. The number of aliphatic hydroxyl groups excluding tert-OH is 2. The van der Waals surface area contributed by atoms with E-state index in [9.17, 15) is 10.2 Å². The topological polar surface area (TPSA) is 92.0 Å². The fourth-order valence-corrected chi connectivity index (χ4v) is 3.58. The van der Waals surface area contributed by atoms with E-state index in [1.165, 1.54) is 0 Å². The zero-order chi connectivity index (χ0) is 22.2. The Balaban J connectivity index is 1.88. The Morgan fingerprint density at radius 1 is 0.562 bits per heavy atom. The van der Waals surface area contributed by atoms with Crippen LogP contribution >= 0.6 is 0 Å². The first kappa shape index (κ1) is 21.7. The predicted molar refractivity (Wildman–Crippen MR) is 125 cm³/mol. The van der Waals surface area contributed by atoms with Gasteiger partial charge in [0.15, 0.2) is 11.6 Å². The Bertz CT molecular complexity index is 1060. The SMILES string of the molecule is OCCCc1cnc(-c2ccccc2)nc1-c1nc(-c2ccccc2)ncc1CCCO. The smallest absolute Gasteiger partial charge is 0.159 e. The molecule has 0 radical (unpaired) electrons. The van der Waals surface area contributed by atoms with Crippen LogP contribution < -0.4 is 0 Å². The standard InChI is InChI=1S/C26H26N4O2/c31-15-7-13-21-17-27-25(19-9-3-1-4-10-19)29-23(21)24-22(14-8-16-32)18-28-26(30-24)20-11-5-2-6-12-20/h1-6,9-12,17-18,31-32H,7-8,13-16H2. The highest BCUT2D eigenvalue weighted by atomic mass is 16.3. The average Bonchev–Trinajstić information content (AvgIpc) is 2.87. The quantitative estimate of drug-likeness (QED) is 0.418. The molecule has 4 rings (SSSR count). The van der Waals surface area contributed by atoms with Gasteiger partial charge < -0.3 is 10.2 Å². The van der Waals surface area contributed by atoms with E-state index >= 15 is 0 Å². The molecule has 2 aromatic heterocycles. The zero-order valence-corrected chi connectivity index (χ0v) is 17.9. The van der Waals surface area contributed by atoms with E-state index in [0.717, 1.165) is 33.6 Å². The van der Waals surface area contributed by atoms with E-state index in [2.05, 4.69) is 9.97 Å². The molecule has 0 saturated heterocycles. The van der Waals surface area contributed by atoms with Gasteiger partial charge in [-0.05, 0) is 36.8 Å². The van der Waals surface area contributed by atoms with E-state index in [1.807, 2.05) is 73.1 Å². The van der Waals surface area contributed by atoms with Crippen LogP contribution in [0.5, 0.6) is 0 Å². The van der Waals surface area contributed by atoms with Gasteiger partial charge in [-0.15, -0.1) is 0 Å². The van der Waals surface area contributed by atoms with Crippen LogP contribution in [0, 0.1) is 0 Å². The second kappa shape index (κ2) is 10.7. The van der Waals surface area contributed by atoms with Crippen LogP contribution in [-0.2, 0) is 12.8 Å². The van der Waals surface area contributed by atoms with Crippen LogP contribution in [0.2, 0.25) is 0 Å². The van der Waals surface area contributed by atoms with Gasteiger partial charge in [0.1, 0.15) is 0 Å². The number of aromatic nitrogens is 4. The van der Waals surface area contributed by atoms with Gasteiger partial charge in [-0.25, -0.2) is 19.9 Å². The third-order valence-corrected chi connectivity index (χ3v) is 5.23. The first-order valence-corrected chi connectivity index (χ1v) is 10.8. The van der Waals surface area contributed by atoms with Crippen LogP contribution in [-0.4, -0.2) is 43.4 Å². The number of hydrogen-bond acceptors (Lipinski definition) is 6. The molecule has 0 amide bonds. The molecule has 0 aliphatic rings. The lowest BCUT2D eigenvalue weighted by molar-refractivity contribution is 0.288. The third-order valence-electron chi connectivity index (χ3n) is 5.23. The minimum Gasteiger partial charge on any atom is -0.396 e. The van der Waals surface area contributed by atoms with E-state index in [0.29, 0.717) is 37.3 Å². The number of rotatable bonds is 9. The molecule has 2 aromatic carbocycles. The Labute approximate surface area is 187 Å². The van der Waals surface area contributed by atoms with E-state index in [4.69, 9.17) is 9.97 Å². The van der Waals surface area contributed by atoms with Gasteiger partial charge in [0.05, 0.1) is 11.4 Å². The maximum Gasteiger partial charge on any atom is 0.159 e. The van der Waals surface area contributed by atoms with Crippen molar-refractivity contribution in [2.45, 2.75) is 25.7 Å². The van der Waals surface area contributed by atoms with E-state index in [1.54, 1.807) is 0 Å². The summed E-state index contributed by atoms with van der Waals surface area (Å²) in [5.74, 6) is 1.25. The van der Waals surface area contributed by atoms with Gasteiger partial charge in [-0.1, -0.05) is 60.7 Å². The molecule has 4 aromatic rings. The van der Waals surface area contributed by atoms with E-state index < -0.39 is 0 Å². The van der Waals surface area contributed by atoms with Crippen molar-refractivity contribution in [1.82, 2.24) is 19.9 Å². The van der Waals surface area contributed by atoms with Crippen molar-refractivity contribution in [3.05, 3.63) is 84.2 Å². The summed E-state index contributed by atoms with van der Waals surface area (Å²) in [4.78, 5) is 19.0. The molecular formula is C26H26N4O2. The fraction of sp³-hybridized carbons (Fsp3) is 0.231. The number of hydrogen-bond donors (Lipinski definition) is 2. The summed E-state index contributed by atoms with van der Waals surface area (Å²) >= 11 is 0. The van der Waals surface area contributed by atoms with Crippen molar-refractivity contribution in [3.8, 4) is 34.2 Å². The fourth-order valence-electron chi connectivity index (χ4n) is 3.58. The number of benzene rings is 2. The Hall–Kier alpha value is -3.48. The van der Waals surface area contributed by atoms with Crippen LogP contribution in [0.3, 0.4) is 0 Å². The second-order valence-corrected chi connectivity index (χ2v) is 7.52. The first-order chi connectivity index (χ1) is 15.8. The monoisotopic (exact) mass is 426 g/mol. The zero-order valence-electron chi connectivity index (χ0n) is 17.9. The van der Waals surface area contributed by atoms with Crippen LogP contribution in [0.1, 0.15) is 24.0 Å². The highest BCUT2D eigenvalue weighted by Gasteiger charge is 2.17. The molecule has 162 valence electrons. The summed E-state index contributed by atoms with van der Waals surface area (Å²) < 4.78 is 0. The van der Waals surface area contributed by atoms with Crippen molar-refractivity contribution in [2.24, 2.45) is 0 Å². The van der Waals surface area contributed by atoms with Gasteiger partial charge in [-0.3, -0.25) is 0 Å². The minimum absolute atomic E-state index is 0.0935. The summed E-state index contributed by atoms with van der Waals surface area (Å²) in [5, 5.41) is 18.8. The second-order valence-electron chi connectivity index (χ2n) is 7.52. The Morgan fingerprint density at radius 2 is 0.969 bits per heavy atom. The normalized spacial score (nSPS) is 10.9. The molecular weight excluding hydrogens is 400 g/mol. The van der Waals surface area contributed by atoms with Crippen molar-refractivity contribution in [2.75, 3.05) is 13.2 Å². The summed E-state index contributed by atoms with van der Waals surface area (Å²) in [6.07, 6.45) is 6.18. The first-order valence-electron chi connectivity index (χ1n) is 10.8. The maximum atomic E-state index is 9.39. The van der Waals surface area contributed by atoms with Crippen LogP contribution in [0.15, 0.2) is 73.1 Å². The largest absolute Gasteiger partial charge is 0.396 e. The van der Waals surface area contributed by atoms with Crippen LogP contribution in [0.25, 0.3) is 34.2 Å². The maximum absolute atomic E-state index is 9.39. The molecule has 0 unspecified atom stereocenters. The van der Waals surface area contributed by atoms with Crippen molar-refractivity contribution < 1.29 is 10.2 Å². The molecule has 2 N–H and O–H groups in total. The average molecular weight is 427 g/mol. The summed E-state index contributed by atoms with van der Waals surface area (Å²) in [5.41, 5.74) is 5.22. The van der Waals surface area contributed by atoms with Crippen molar-refractivity contribution >= 4 is 0 Å². The van der Waals surface area contributed by atoms with Gasteiger partial charge in [0.2, 0.25) is 0 Å². The summed E-state index contributed by atoms with van der Waals surface area (Å²) in [7, 11) is 0. The van der Waals surface area contributed by atoms with Gasteiger partial charge in [0.25, 0.3) is 0 Å². The Kier molecular flexibility index (Phi) is 7.27. The molecule has 0 aliphatic heterocycles. The molecule has 0 saturated carbocycles. The van der Waals surface area contributed by atoms with Gasteiger partial charge >= 0.3 is 0 Å². The minimum atomic E-state index is 0.0935. The lowest BCUT2D eigenvalue weighted by atomic mass is 10.0.